The van der Waals surface area contributed by atoms with E-state index in [1.165, 1.54) is 12.1 Å². The molecule has 0 atom stereocenters. The molecule has 0 bridgehead atoms. The van der Waals surface area contributed by atoms with Crippen LogP contribution in [0.2, 0.25) is 5.02 Å². The minimum absolute atomic E-state index is 0.0547. The Morgan fingerprint density at radius 2 is 1.78 bits per heavy atom. The Morgan fingerprint density at radius 1 is 1.00 bits per heavy atom. The van der Waals surface area contributed by atoms with Crippen LogP contribution in [0.15, 0.2) is 66.7 Å². The van der Waals surface area contributed by atoms with E-state index in [9.17, 15) is 19.7 Å². The van der Waals surface area contributed by atoms with Gasteiger partial charge in [0.25, 0.3) is 17.5 Å². The first-order chi connectivity index (χ1) is 15.3. The van der Waals surface area contributed by atoms with Crippen molar-refractivity contribution in [1.29, 1.82) is 0 Å². The molecule has 164 valence electrons. The second-order valence-electron chi connectivity index (χ2n) is 6.84. The number of anilines is 1. The first-order valence-electron chi connectivity index (χ1n) is 9.67. The van der Waals surface area contributed by atoms with Crippen molar-refractivity contribution < 1.29 is 19.2 Å². The summed E-state index contributed by atoms with van der Waals surface area (Å²) in [5.41, 5.74) is 1.45. The van der Waals surface area contributed by atoms with E-state index in [1.54, 1.807) is 24.3 Å². The van der Waals surface area contributed by atoms with E-state index < -0.39 is 10.8 Å². The smallest absolute Gasteiger partial charge is 0.270 e. The topological polar surface area (TPSA) is 111 Å². The van der Waals surface area contributed by atoms with Crippen LogP contribution in [0.4, 0.5) is 11.4 Å². The van der Waals surface area contributed by atoms with E-state index in [0.717, 1.165) is 11.6 Å². The maximum absolute atomic E-state index is 12.6. The number of amides is 2. The molecule has 0 heterocycles. The van der Waals surface area contributed by atoms with Crippen LogP contribution in [0, 0.1) is 17.0 Å². The molecule has 0 fully saturated rings. The molecule has 2 N–H and O–H groups in total. The summed E-state index contributed by atoms with van der Waals surface area (Å²) in [7, 11) is 0. The number of nitro groups is 1. The van der Waals surface area contributed by atoms with Crippen molar-refractivity contribution in [3.63, 3.8) is 0 Å². The van der Waals surface area contributed by atoms with Gasteiger partial charge in [0, 0.05) is 12.1 Å². The van der Waals surface area contributed by atoms with Crippen molar-refractivity contribution in [3.05, 3.63) is 98.6 Å². The van der Waals surface area contributed by atoms with E-state index >= 15 is 0 Å². The second kappa shape index (κ2) is 10.4. The van der Waals surface area contributed by atoms with Gasteiger partial charge in [0.15, 0.2) is 0 Å². The third kappa shape index (κ3) is 5.83. The lowest BCUT2D eigenvalue weighted by Gasteiger charge is -2.12. The molecule has 0 unspecified atom stereocenters. The van der Waals surface area contributed by atoms with Crippen molar-refractivity contribution in [2.24, 2.45) is 0 Å². The minimum Gasteiger partial charge on any atom is -0.492 e. The quantitative estimate of drug-likeness (QED) is 0.294. The molecule has 3 aromatic carbocycles. The van der Waals surface area contributed by atoms with Crippen LogP contribution >= 0.6 is 11.6 Å². The number of rotatable bonds is 8. The molecule has 3 rings (SSSR count). The number of carbonyl (C=O) groups is 2. The van der Waals surface area contributed by atoms with Gasteiger partial charge in [0.05, 0.1) is 33.3 Å². The van der Waals surface area contributed by atoms with Gasteiger partial charge >= 0.3 is 0 Å². The second-order valence-corrected chi connectivity index (χ2v) is 7.25. The summed E-state index contributed by atoms with van der Waals surface area (Å²) in [4.78, 5) is 35.5. The molecule has 0 aliphatic carbocycles. The Bertz CT molecular complexity index is 1170. The van der Waals surface area contributed by atoms with Gasteiger partial charge in [0.1, 0.15) is 12.4 Å². The normalized spacial score (nSPS) is 10.3. The fourth-order valence-electron chi connectivity index (χ4n) is 2.92. The Kier molecular flexibility index (Phi) is 7.41. The molecule has 0 saturated carbocycles. The van der Waals surface area contributed by atoms with Crippen LogP contribution in [0.5, 0.6) is 5.75 Å². The number of ether oxygens (including phenoxy) is 1. The molecule has 2 amide bonds. The highest BCUT2D eigenvalue weighted by Gasteiger charge is 2.18. The van der Waals surface area contributed by atoms with Gasteiger partial charge in [-0.1, -0.05) is 35.9 Å². The van der Waals surface area contributed by atoms with E-state index in [4.69, 9.17) is 16.3 Å². The van der Waals surface area contributed by atoms with Crippen LogP contribution in [0.25, 0.3) is 0 Å². The Hall–Kier alpha value is -3.91. The zero-order valence-electron chi connectivity index (χ0n) is 17.1. The van der Waals surface area contributed by atoms with E-state index in [1.807, 2.05) is 31.2 Å². The highest BCUT2D eigenvalue weighted by Crippen LogP contribution is 2.24. The van der Waals surface area contributed by atoms with Gasteiger partial charge in [-0.25, -0.2) is 0 Å². The van der Waals surface area contributed by atoms with Gasteiger partial charge in [-0.05, 0) is 42.8 Å². The lowest BCUT2D eigenvalue weighted by atomic mass is 10.1. The largest absolute Gasteiger partial charge is 0.492 e. The molecule has 0 spiro atoms. The molecule has 0 aliphatic heterocycles. The van der Waals surface area contributed by atoms with Gasteiger partial charge in [-0.2, -0.15) is 0 Å². The summed E-state index contributed by atoms with van der Waals surface area (Å²) in [5.74, 6) is -0.261. The zero-order valence-corrected chi connectivity index (χ0v) is 17.9. The summed E-state index contributed by atoms with van der Waals surface area (Å²) in [6.07, 6.45) is 0. The van der Waals surface area contributed by atoms with Crippen LogP contribution in [-0.2, 0) is 0 Å². The SMILES string of the molecule is Cc1cccc(OCCNC(=O)c2ccccc2NC(=O)c2ccc([N+](=O)[O-])cc2Cl)c1. The third-order valence-corrected chi connectivity index (χ3v) is 4.79. The van der Waals surface area contributed by atoms with Crippen molar-refractivity contribution >= 4 is 34.8 Å². The molecule has 0 radical (unpaired) electrons. The molecule has 0 saturated heterocycles. The summed E-state index contributed by atoms with van der Waals surface area (Å²) >= 11 is 6.02. The standard InChI is InChI=1S/C23H20ClN3O5/c1-15-5-4-6-17(13-15)32-12-11-25-22(28)19-7-2-3-8-21(19)26-23(29)18-10-9-16(27(30)31)14-20(18)24/h2-10,13-14H,11-12H2,1H3,(H,25,28)(H,26,29). The Balaban J connectivity index is 1.63. The van der Waals surface area contributed by atoms with Gasteiger partial charge in [0.2, 0.25) is 0 Å². The summed E-state index contributed by atoms with van der Waals surface area (Å²) in [6, 6.07) is 17.6. The molecule has 0 aromatic heterocycles. The lowest BCUT2D eigenvalue weighted by Crippen LogP contribution is -2.29. The average molecular weight is 454 g/mol. The van der Waals surface area contributed by atoms with Gasteiger partial charge < -0.3 is 15.4 Å². The number of non-ortho nitro benzene ring substituents is 1. The molecule has 8 nitrogen and oxygen atoms in total. The van der Waals surface area contributed by atoms with Crippen molar-refractivity contribution in [2.45, 2.75) is 6.92 Å². The summed E-state index contributed by atoms with van der Waals surface area (Å²) < 4.78 is 5.62. The van der Waals surface area contributed by atoms with Gasteiger partial charge in [-0.3, -0.25) is 19.7 Å². The number of halogens is 1. The number of carbonyl (C=O) groups excluding carboxylic acids is 2. The predicted molar refractivity (Wildman–Crippen MR) is 122 cm³/mol. The number of para-hydroxylation sites is 1. The first-order valence-corrected chi connectivity index (χ1v) is 10.0. The Labute approximate surface area is 189 Å². The highest BCUT2D eigenvalue weighted by molar-refractivity contribution is 6.34. The monoisotopic (exact) mass is 453 g/mol. The van der Waals surface area contributed by atoms with Crippen LogP contribution in [-0.4, -0.2) is 29.9 Å². The first kappa shape index (κ1) is 22.8. The van der Waals surface area contributed by atoms with Crippen molar-refractivity contribution in [3.8, 4) is 5.75 Å². The predicted octanol–water partition coefficient (Wildman–Crippen LogP) is 4.62. The molecular formula is C23H20ClN3O5. The molecule has 32 heavy (non-hydrogen) atoms. The van der Waals surface area contributed by atoms with Crippen LogP contribution < -0.4 is 15.4 Å². The van der Waals surface area contributed by atoms with E-state index in [2.05, 4.69) is 10.6 Å². The highest BCUT2D eigenvalue weighted by atomic mass is 35.5. The fourth-order valence-corrected chi connectivity index (χ4v) is 3.18. The van der Waals surface area contributed by atoms with Crippen molar-refractivity contribution in [2.75, 3.05) is 18.5 Å². The maximum Gasteiger partial charge on any atom is 0.270 e. The van der Waals surface area contributed by atoms with Crippen molar-refractivity contribution in [1.82, 2.24) is 5.32 Å². The molecule has 9 heteroatoms. The number of hydrogen-bond donors (Lipinski definition) is 2. The molecule has 3 aromatic rings. The summed E-state index contributed by atoms with van der Waals surface area (Å²) in [6.45, 7) is 2.51. The van der Waals surface area contributed by atoms with Crippen LogP contribution in [0.1, 0.15) is 26.3 Å². The third-order valence-electron chi connectivity index (χ3n) is 4.47. The number of nitrogens with zero attached hydrogens (tertiary/aromatic N) is 1. The minimum atomic E-state index is -0.601. The Morgan fingerprint density at radius 3 is 2.50 bits per heavy atom. The van der Waals surface area contributed by atoms with Crippen LogP contribution in [0.3, 0.4) is 0 Å². The van der Waals surface area contributed by atoms with E-state index in [-0.39, 0.29) is 46.6 Å². The van der Waals surface area contributed by atoms with E-state index in [0.29, 0.717) is 5.75 Å². The maximum atomic E-state index is 12.6. The fraction of sp³-hybridized carbons (Fsp3) is 0.130. The number of benzene rings is 3. The number of aryl methyl sites for hydroxylation is 1. The molecule has 0 aliphatic rings. The van der Waals surface area contributed by atoms with Gasteiger partial charge in [-0.15, -0.1) is 0 Å². The lowest BCUT2D eigenvalue weighted by molar-refractivity contribution is -0.384. The molecular weight excluding hydrogens is 434 g/mol. The number of nitrogens with one attached hydrogen (secondary N) is 2. The zero-order chi connectivity index (χ0) is 23.1. The average Bonchev–Trinajstić information content (AvgIpc) is 2.76. The summed E-state index contributed by atoms with van der Waals surface area (Å²) in [5, 5.41) is 16.2. The number of nitro benzene ring substituents is 1. The number of hydrogen-bond acceptors (Lipinski definition) is 5.